The van der Waals surface area contributed by atoms with Crippen LogP contribution in [-0.2, 0) is 25.9 Å². The number of hydrogen-bond donors (Lipinski definition) is 2. The third-order valence-electron chi connectivity index (χ3n) is 4.21. The maximum atomic E-state index is 11.1. The molecule has 28 heavy (non-hydrogen) atoms. The maximum Gasteiger partial charge on any atom is 0.191 e. The molecule has 158 valence electrons. The zero-order valence-corrected chi connectivity index (χ0v) is 17.7. The van der Waals surface area contributed by atoms with Gasteiger partial charge >= 0.3 is 0 Å². The quantitative estimate of drug-likeness (QED) is 0.334. The molecule has 1 aromatic rings. The molecule has 0 radical (unpaired) electrons. The Kier molecular flexibility index (Phi) is 9.01. The highest BCUT2D eigenvalue weighted by Crippen LogP contribution is 2.23. The SMILES string of the molecule is CN=C(NCCOCCS(C)(=O)=O)NCc1ccc(C)cc1OC1CCOC1. The van der Waals surface area contributed by atoms with Crippen molar-refractivity contribution >= 4 is 15.8 Å². The van der Waals surface area contributed by atoms with Crippen LogP contribution in [0.4, 0.5) is 0 Å². The summed E-state index contributed by atoms with van der Waals surface area (Å²) in [4.78, 5) is 4.19. The van der Waals surface area contributed by atoms with Gasteiger partial charge in [-0.2, -0.15) is 0 Å². The molecule has 0 aromatic heterocycles. The molecule has 2 N–H and O–H groups in total. The lowest BCUT2D eigenvalue weighted by Crippen LogP contribution is -2.38. The molecule has 1 fully saturated rings. The summed E-state index contributed by atoms with van der Waals surface area (Å²) in [5.41, 5.74) is 2.19. The van der Waals surface area contributed by atoms with Gasteiger partial charge in [0, 0.05) is 38.4 Å². The Morgan fingerprint density at radius 2 is 2.14 bits per heavy atom. The first-order valence-corrected chi connectivity index (χ1v) is 11.5. The van der Waals surface area contributed by atoms with Crippen molar-refractivity contribution in [1.82, 2.24) is 10.6 Å². The smallest absolute Gasteiger partial charge is 0.191 e. The second kappa shape index (κ2) is 11.2. The molecule has 0 saturated carbocycles. The van der Waals surface area contributed by atoms with E-state index in [1.807, 2.05) is 13.0 Å². The Balaban J connectivity index is 1.77. The van der Waals surface area contributed by atoms with Crippen molar-refractivity contribution < 1.29 is 22.6 Å². The van der Waals surface area contributed by atoms with Gasteiger partial charge in [-0.1, -0.05) is 12.1 Å². The molecule has 1 heterocycles. The molecular formula is C19H31N3O5S. The number of benzene rings is 1. The normalized spacial score (nSPS) is 17.5. The Morgan fingerprint density at radius 3 is 2.82 bits per heavy atom. The van der Waals surface area contributed by atoms with Crippen LogP contribution in [0, 0.1) is 6.92 Å². The highest BCUT2D eigenvalue weighted by Gasteiger charge is 2.18. The van der Waals surface area contributed by atoms with Gasteiger partial charge in [-0.15, -0.1) is 0 Å². The third-order valence-corrected chi connectivity index (χ3v) is 5.12. The van der Waals surface area contributed by atoms with E-state index in [0.29, 0.717) is 32.3 Å². The van der Waals surface area contributed by atoms with Gasteiger partial charge in [0.25, 0.3) is 0 Å². The summed E-state index contributed by atoms with van der Waals surface area (Å²) in [7, 11) is -1.29. The van der Waals surface area contributed by atoms with Crippen molar-refractivity contribution in [3.8, 4) is 5.75 Å². The Morgan fingerprint density at radius 1 is 1.32 bits per heavy atom. The van der Waals surface area contributed by atoms with Crippen molar-refractivity contribution in [3.63, 3.8) is 0 Å². The van der Waals surface area contributed by atoms with E-state index in [1.54, 1.807) is 7.05 Å². The van der Waals surface area contributed by atoms with Crippen molar-refractivity contribution in [2.24, 2.45) is 4.99 Å². The molecule has 1 aliphatic heterocycles. The van der Waals surface area contributed by atoms with E-state index in [4.69, 9.17) is 14.2 Å². The minimum atomic E-state index is -2.99. The first-order valence-electron chi connectivity index (χ1n) is 9.41. The van der Waals surface area contributed by atoms with Gasteiger partial charge < -0.3 is 24.8 Å². The Bertz CT molecular complexity index is 746. The summed E-state index contributed by atoms with van der Waals surface area (Å²) in [6, 6.07) is 6.15. The fourth-order valence-electron chi connectivity index (χ4n) is 2.66. The molecule has 0 aliphatic carbocycles. The summed E-state index contributed by atoms with van der Waals surface area (Å²) >= 11 is 0. The van der Waals surface area contributed by atoms with Gasteiger partial charge in [0.05, 0.1) is 32.2 Å². The minimum absolute atomic E-state index is 0.0300. The molecular weight excluding hydrogens is 382 g/mol. The van der Waals surface area contributed by atoms with Crippen LogP contribution in [-0.4, -0.2) is 72.5 Å². The predicted molar refractivity (Wildman–Crippen MR) is 110 cm³/mol. The first kappa shape index (κ1) is 22.4. The monoisotopic (exact) mass is 413 g/mol. The van der Waals surface area contributed by atoms with E-state index < -0.39 is 9.84 Å². The summed E-state index contributed by atoms with van der Waals surface area (Å²) < 4.78 is 38.9. The molecule has 2 rings (SSSR count). The number of nitrogens with one attached hydrogen (secondary N) is 2. The molecule has 1 saturated heterocycles. The molecule has 0 bridgehead atoms. The molecule has 1 aromatic carbocycles. The van der Waals surface area contributed by atoms with E-state index in [9.17, 15) is 8.42 Å². The van der Waals surface area contributed by atoms with E-state index >= 15 is 0 Å². The number of sulfone groups is 1. The summed E-state index contributed by atoms with van der Waals surface area (Å²) in [6.45, 7) is 5.10. The van der Waals surface area contributed by atoms with Crippen LogP contribution >= 0.6 is 0 Å². The summed E-state index contributed by atoms with van der Waals surface area (Å²) in [6.07, 6.45) is 2.20. The van der Waals surface area contributed by atoms with Crippen LogP contribution in [0.25, 0.3) is 0 Å². The largest absolute Gasteiger partial charge is 0.488 e. The van der Waals surface area contributed by atoms with Gasteiger partial charge in [0.1, 0.15) is 21.7 Å². The molecule has 8 nitrogen and oxygen atoms in total. The highest BCUT2D eigenvalue weighted by molar-refractivity contribution is 7.90. The van der Waals surface area contributed by atoms with Crippen molar-refractivity contribution in [3.05, 3.63) is 29.3 Å². The molecule has 1 atom stereocenters. The number of guanidine groups is 1. The van der Waals surface area contributed by atoms with Gasteiger partial charge in [-0.05, 0) is 18.6 Å². The summed E-state index contributed by atoms with van der Waals surface area (Å²) in [5.74, 6) is 1.53. The number of rotatable bonds is 10. The predicted octanol–water partition coefficient (Wildman–Crippen LogP) is 0.889. The van der Waals surface area contributed by atoms with Gasteiger partial charge in [-0.3, -0.25) is 4.99 Å². The average Bonchev–Trinajstić information content (AvgIpc) is 3.14. The number of aliphatic imine (C=N–C) groups is 1. The number of aryl methyl sites for hydroxylation is 1. The third kappa shape index (κ3) is 8.45. The highest BCUT2D eigenvalue weighted by atomic mass is 32.2. The van der Waals surface area contributed by atoms with Crippen molar-refractivity contribution in [2.75, 3.05) is 52.0 Å². The molecule has 0 spiro atoms. The molecule has 9 heteroatoms. The van der Waals surface area contributed by atoms with Crippen molar-refractivity contribution in [1.29, 1.82) is 0 Å². The van der Waals surface area contributed by atoms with E-state index in [-0.39, 0.29) is 18.5 Å². The lowest BCUT2D eigenvalue weighted by Gasteiger charge is -2.18. The van der Waals surface area contributed by atoms with Crippen molar-refractivity contribution in [2.45, 2.75) is 26.0 Å². The Hall–Kier alpha value is -1.84. The van der Waals surface area contributed by atoms with Crippen LogP contribution < -0.4 is 15.4 Å². The van der Waals surface area contributed by atoms with Gasteiger partial charge in [-0.25, -0.2) is 8.42 Å². The van der Waals surface area contributed by atoms with Crippen LogP contribution in [0.3, 0.4) is 0 Å². The van der Waals surface area contributed by atoms with E-state index in [1.165, 1.54) is 6.26 Å². The molecule has 1 unspecified atom stereocenters. The van der Waals surface area contributed by atoms with Crippen LogP contribution in [0.2, 0.25) is 0 Å². The van der Waals surface area contributed by atoms with E-state index in [2.05, 4.69) is 27.8 Å². The standard InChI is InChI=1S/C19H31N3O5S/c1-15-4-5-16(18(12-15)27-17-6-8-26-14-17)13-22-19(20-2)21-7-9-25-10-11-28(3,23)24/h4-5,12,17H,6-11,13-14H2,1-3H3,(H2,20,21,22). The fraction of sp³-hybridized carbons (Fsp3) is 0.632. The topological polar surface area (TPSA) is 98.3 Å². The van der Waals surface area contributed by atoms with Crippen LogP contribution in [0.5, 0.6) is 5.75 Å². The van der Waals surface area contributed by atoms with Crippen LogP contribution in [0.1, 0.15) is 17.5 Å². The lowest BCUT2D eigenvalue weighted by atomic mass is 10.1. The Labute approximate surface area is 167 Å². The second-order valence-electron chi connectivity index (χ2n) is 6.81. The summed E-state index contributed by atoms with van der Waals surface area (Å²) in [5, 5.41) is 6.41. The number of ether oxygens (including phenoxy) is 3. The second-order valence-corrected chi connectivity index (χ2v) is 9.07. The van der Waals surface area contributed by atoms with E-state index in [0.717, 1.165) is 29.9 Å². The maximum absolute atomic E-state index is 11.1. The lowest BCUT2D eigenvalue weighted by molar-refractivity contribution is 0.140. The number of nitrogens with zero attached hydrogens (tertiary/aromatic N) is 1. The van der Waals surface area contributed by atoms with Gasteiger partial charge in [0.15, 0.2) is 5.96 Å². The van der Waals surface area contributed by atoms with Gasteiger partial charge in [0.2, 0.25) is 0 Å². The molecule has 0 amide bonds. The van der Waals surface area contributed by atoms with Crippen LogP contribution in [0.15, 0.2) is 23.2 Å². The zero-order chi connectivity index (χ0) is 20.4. The first-order chi connectivity index (χ1) is 13.4. The zero-order valence-electron chi connectivity index (χ0n) is 16.9. The minimum Gasteiger partial charge on any atom is -0.488 e. The fourth-order valence-corrected chi connectivity index (χ4v) is 3.08. The average molecular weight is 414 g/mol. The molecule has 1 aliphatic rings. The number of hydrogen-bond acceptors (Lipinski definition) is 6.